The normalized spacial score (nSPS) is 21.5. The summed E-state index contributed by atoms with van der Waals surface area (Å²) in [6.07, 6.45) is 0.837. The molecule has 0 aliphatic carbocycles. The van der Waals surface area contributed by atoms with Crippen LogP contribution in [0, 0.1) is 5.92 Å². The Labute approximate surface area is 109 Å². The maximum atomic E-state index is 10.8. The zero-order valence-electron chi connectivity index (χ0n) is 9.34. The topological polar surface area (TPSA) is 66.6 Å². The van der Waals surface area contributed by atoms with Gasteiger partial charge in [-0.2, -0.15) is 0 Å². The monoisotopic (exact) mass is 298 g/mol. The number of anilines is 1. The largest absolute Gasteiger partial charge is 0.480 e. The highest BCUT2D eigenvalue weighted by molar-refractivity contribution is 9.10. The van der Waals surface area contributed by atoms with Crippen molar-refractivity contribution in [2.45, 2.75) is 12.5 Å². The molecule has 2 rings (SSSR count). The van der Waals surface area contributed by atoms with Crippen LogP contribution in [0.2, 0.25) is 0 Å². The van der Waals surface area contributed by atoms with Gasteiger partial charge in [-0.15, -0.1) is 0 Å². The number of rotatable bonds is 3. The Bertz CT molecular complexity index is 407. The van der Waals surface area contributed by atoms with E-state index in [9.17, 15) is 4.79 Å². The molecule has 1 saturated heterocycles. The number of aliphatic carboxylic acids is 1. The summed E-state index contributed by atoms with van der Waals surface area (Å²) in [5.74, 6) is -0.871. The molecule has 2 atom stereocenters. The molecule has 3 N–H and O–H groups in total. The summed E-state index contributed by atoms with van der Waals surface area (Å²) >= 11 is 3.39. The van der Waals surface area contributed by atoms with E-state index in [4.69, 9.17) is 10.8 Å². The quantitative estimate of drug-likeness (QED) is 0.891. The lowest BCUT2D eigenvalue weighted by Crippen LogP contribution is -2.39. The van der Waals surface area contributed by atoms with E-state index in [1.807, 2.05) is 24.3 Å². The van der Waals surface area contributed by atoms with Crippen molar-refractivity contribution in [3.63, 3.8) is 0 Å². The molecule has 5 heteroatoms. The van der Waals surface area contributed by atoms with Gasteiger partial charge in [-0.1, -0.05) is 15.9 Å². The predicted octanol–water partition coefficient (Wildman–Crippen LogP) is 1.69. The van der Waals surface area contributed by atoms with E-state index in [0.717, 1.165) is 29.7 Å². The van der Waals surface area contributed by atoms with Gasteiger partial charge in [-0.3, -0.25) is 4.79 Å². The van der Waals surface area contributed by atoms with Crippen molar-refractivity contribution in [3.05, 3.63) is 28.7 Å². The first-order valence-corrected chi connectivity index (χ1v) is 6.36. The van der Waals surface area contributed by atoms with Crippen molar-refractivity contribution in [1.82, 2.24) is 0 Å². The molecule has 0 aromatic heterocycles. The maximum absolute atomic E-state index is 10.8. The number of nitrogens with two attached hydrogens (primary N) is 1. The lowest BCUT2D eigenvalue weighted by atomic mass is 10.0. The highest BCUT2D eigenvalue weighted by Crippen LogP contribution is 2.26. The van der Waals surface area contributed by atoms with E-state index in [0.29, 0.717) is 0 Å². The van der Waals surface area contributed by atoms with Gasteiger partial charge < -0.3 is 15.7 Å². The summed E-state index contributed by atoms with van der Waals surface area (Å²) < 4.78 is 1.04. The van der Waals surface area contributed by atoms with Crippen LogP contribution in [-0.4, -0.2) is 30.2 Å². The van der Waals surface area contributed by atoms with Gasteiger partial charge in [0, 0.05) is 29.2 Å². The number of hydrogen-bond acceptors (Lipinski definition) is 3. The number of benzene rings is 1. The van der Waals surface area contributed by atoms with E-state index < -0.39 is 12.0 Å². The summed E-state index contributed by atoms with van der Waals surface area (Å²) in [7, 11) is 0. The van der Waals surface area contributed by atoms with Crippen LogP contribution in [0.3, 0.4) is 0 Å². The first-order chi connectivity index (χ1) is 8.08. The molecule has 4 nitrogen and oxygen atoms in total. The van der Waals surface area contributed by atoms with Gasteiger partial charge in [0.15, 0.2) is 0 Å². The van der Waals surface area contributed by atoms with E-state index in [1.54, 1.807) is 0 Å². The highest BCUT2D eigenvalue weighted by atomic mass is 79.9. The lowest BCUT2D eigenvalue weighted by molar-refractivity contribution is -0.139. The molecule has 0 bridgehead atoms. The second-order valence-electron chi connectivity index (χ2n) is 4.34. The summed E-state index contributed by atoms with van der Waals surface area (Å²) in [4.78, 5) is 13.0. The first-order valence-electron chi connectivity index (χ1n) is 5.57. The Kier molecular flexibility index (Phi) is 3.69. The Hall–Kier alpha value is -1.07. The van der Waals surface area contributed by atoms with Gasteiger partial charge in [-0.25, -0.2) is 0 Å². The molecule has 92 valence electrons. The summed E-state index contributed by atoms with van der Waals surface area (Å²) in [5.41, 5.74) is 6.77. The van der Waals surface area contributed by atoms with Crippen LogP contribution in [0.15, 0.2) is 28.7 Å². The predicted molar refractivity (Wildman–Crippen MR) is 70.1 cm³/mol. The molecule has 17 heavy (non-hydrogen) atoms. The van der Waals surface area contributed by atoms with Gasteiger partial charge in [0.1, 0.15) is 6.04 Å². The first kappa shape index (κ1) is 12.4. The van der Waals surface area contributed by atoms with Gasteiger partial charge >= 0.3 is 5.97 Å². The van der Waals surface area contributed by atoms with E-state index in [1.165, 1.54) is 0 Å². The highest BCUT2D eigenvalue weighted by Gasteiger charge is 2.31. The third-order valence-electron chi connectivity index (χ3n) is 3.21. The third-order valence-corrected chi connectivity index (χ3v) is 3.74. The summed E-state index contributed by atoms with van der Waals surface area (Å²) in [6, 6.07) is 7.27. The van der Waals surface area contributed by atoms with Crippen LogP contribution in [-0.2, 0) is 4.79 Å². The minimum absolute atomic E-state index is 0.0381. The number of hydrogen-bond donors (Lipinski definition) is 2. The number of carboxylic acids is 1. The van der Waals surface area contributed by atoms with Crippen molar-refractivity contribution in [1.29, 1.82) is 0 Å². The molecule has 0 saturated carbocycles. The fourth-order valence-electron chi connectivity index (χ4n) is 2.17. The second-order valence-corrected chi connectivity index (χ2v) is 5.25. The molecule has 1 heterocycles. The molecule has 1 aliphatic heterocycles. The minimum Gasteiger partial charge on any atom is -0.480 e. The van der Waals surface area contributed by atoms with Gasteiger partial charge in [-0.05, 0) is 30.7 Å². The number of carboxylic acid groups (broad SMARTS) is 1. The molecule has 0 radical (unpaired) electrons. The molecule has 2 unspecified atom stereocenters. The maximum Gasteiger partial charge on any atom is 0.320 e. The lowest BCUT2D eigenvalue weighted by Gasteiger charge is -2.20. The number of halogens is 1. The Morgan fingerprint density at radius 1 is 1.47 bits per heavy atom. The van der Waals surface area contributed by atoms with Crippen molar-refractivity contribution < 1.29 is 9.90 Å². The van der Waals surface area contributed by atoms with Crippen LogP contribution in [0.4, 0.5) is 5.69 Å². The zero-order valence-corrected chi connectivity index (χ0v) is 10.9. The number of carbonyl (C=O) groups is 1. The second kappa shape index (κ2) is 5.06. The molecule has 0 amide bonds. The smallest absolute Gasteiger partial charge is 0.320 e. The minimum atomic E-state index is -0.910. The van der Waals surface area contributed by atoms with Crippen LogP contribution < -0.4 is 10.6 Å². The zero-order chi connectivity index (χ0) is 12.4. The summed E-state index contributed by atoms with van der Waals surface area (Å²) in [5, 5.41) is 8.89. The van der Waals surface area contributed by atoms with Crippen molar-refractivity contribution in [2.24, 2.45) is 11.7 Å². The van der Waals surface area contributed by atoms with Crippen molar-refractivity contribution >= 4 is 27.6 Å². The van der Waals surface area contributed by atoms with E-state index in [-0.39, 0.29) is 5.92 Å². The van der Waals surface area contributed by atoms with Crippen LogP contribution in [0.1, 0.15) is 6.42 Å². The van der Waals surface area contributed by atoms with Crippen LogP contribution in [0.25, 0.3) is 0 Å². The van der Waals surface area contributed by atoms with Crippen LogP contribution in [0.5, 0.6) is 0 Å². The molecule has 1 aromatic carbocycles. The van der Waals surface area contributed by atoms with E-state index >= 15 is 0 Å². The molecule has 1 fully saturated rings. The van der Waals surface area contributed by atoms with E-state index in [2.05, 4.69) is 20.8 Å². The fraction of sp³-hybridized carbons (Fsp3) is 0.417. The van der Waals surface area contributed by atoms with Crippen molar-refractivity contribution in [3.8, 4) is 0 Å². The average molecular weight is 299 g/mol. The van der Waals surface area contributed by atoms with Crippen molar-refractivity contribution in [2.75, 3.05) is 18.0 Å². The summed E-state index contributed by atoms with van der Waals surface area (Å²) in [6.45, 7) is 1.59. The van der Waals surface area contributed by atoms with Gasteiger partial charge in [0.25, 0.3) is 0 Å². The average Bonchev–Trinajstić information content (AvgIpc) is 2.78. The standard InChI is InChI=1S/C12H15BrN2O2/c13-9-1-3-10(4-2-9)15-6-5-8(7-15)11(14)12(16)17/h1-4,8,11H,5-7,14H2,(H,16,17). The molecular formula is C12H15BrN2O2. The Balaban J connectivity index is 2.02. The Morgan fingerprint density at radius 2 is 2.12 bits per heavy atom. The van der Waals surface area contributed by atoms with Gasteiger partial charge in [0.05, 0.1) is 0 Å². The SMILES string of the molecule is NC(C(=O)O)C1CCN(c2ccc(Br)cc2)C1. The fourth-order valence-corrected chi connectivity index (χ4v) is 2.43. The molecule has 1 aliphatic rings. The third kappa shape index (κ3) is 2.79. The van der Waals surface area contributed by atoms with Gasteiger partial charge in [0.2, 0.25) is 0 Å². The van der Waals surface area contributed by atoms with Crippen LogP contribution >= 0.6 is 15.9 Å². The Morgan fingerprint density at radius 3 is 2.71 bits per heavy atom. The number of nitrogens with zero attached hydrogens (tertiary/aromatic N) is 1. The molecular weight excluding hydrogens is 284 g/mol. The molecule has 0 spiro atoms. The molecule has 1 aromatic rings.